The average Bonchev–Trinajstić information content (AvgIpc) is 2.49. The molecular formula is C13H21NS. The molecule has 0 aromatic carbocycles. The molecule has 0 aliphatic heterocycles. The Balaban J connectivity index is 1.96. The molecule has 1 aromatic heterocycles. The summed E-state index contributed by atoms with van der Waals surface area (Å²) in [7, 11) is 0. The van der Waals surface area contributed by atoms with Gasteiger partial charge in [0.2, 0.25) is 0 Å². The van der Waals surface area contributed by atoms with Crippen molar-refractivity contribution in [1.29, 1.82) is 0 Å². The number of rotatable bonds is 4. The van der Waals surface area contributed by atoms with Gasteiger partial charge in [-0.05, 0) is 50.3 Å². The Hall–Kier alpha value is -0.340. The zero-order valence-electron chi connectivity index (χ0n) is 9.64. The van der Waals surface area contributed by atoms with E-state index in [9.17, 15) is 0 Å². The van der Waals surface area contributed by atoms with Crippen molar-refractivity contribution in [3.05, 3.63) is 21.4 Å². The molecule has 15 heavy (non-hydrogen) atoms. The molecular weight excluding hydrogens is 202 g/mol. The normalized spacial score (nSPS) is 16.1. The van der Waals surface area contributed by atoms with Crippen LogP contribution in [-0.2, 0) is 19.4 Å². The van der Waals surface area contributed by atoms with Crippen molar-refractivity contribution in [3.8, 4) is 0 Å². The third-order valence-electron chi connectivity index (χ3n) is 3.02. The third kappa shape index (κ3) is 3.05. The average molecular weight is 223 g/mol. The predicted octanol–water partition coefficient (Wildman–Crippen LogP) is 3.52. The highest BCUT2D eigenvalue weighted by molar-refractivity contribution is 7.12. The van der Waals surface area contributed by atoms with E-state index >= 15 is 0 Å². The second kappa shape index (κ2) is 5.66. The first-order valence-corrected chi connectivity index (χ1v) is 7.03. The lowest BCUT2D eigenvalue weighted by atomic mass is 10.1. The van der Waals surface area contributed by atoms with Crippen LogP contribution in [0.4, 0.5) is 0 Å². The van der Waals surface area contributed by atoms with Gasteiger partial charge in [-0.15, -0.1) is 11.3 Å². The van der Waals surface area contributed by atoms with Gasteiger partial charge in [0.25, 0.3) is 0 Å². The van der Waals surface area contributed by atoms with E-state index in [0.29, 0.717) is 0 Å². The van der Waals surface area contributed by atoms with Crippen molar-refractivity contribution >= 4 is 11.3 Å². The predicted molar refractivity (Wildman–Crippen MR) is 67.6 cm³/mol. The molecule has 2 rings (SSSR count). The fourth-order valence-corrected chi connectivity index (χ4v) is 3.43. The molecule has 1 heterocycles. The van der Waals surface area contributed by atoms with Crippen LogP contribution >= 0.6 is 11.3 Å². The molecule has 1 nitrogen and oxygen atoms in total. The molecule has 0 spiro atoms. The van der Waals surface area contributed by atoms with Gasteiger partial charge in [-0.1, -0.05) is 13.3 Å². The lowest BCUT2D eigenvalue weighted by Crippen LogP contribution is -2.12. The van der Waals surface area contributed by atoms with Gasteiger partial charge in [0.05, 0.1) is 0 Å². The quantitative estimate of drug-likeness (QED) is 0.608. The van der Waals surface area contributed by atoms with Crippen molar-refractivity contribution in [3.63, 3.8) is 0 Å². The maximum atomic E-state index is 3.49. The number of hydrogen-bond acceptors (Lipinski definition) is 2. The van der Waals surface area contributed by atoms with Gasteiger partial charge in [-0.2, -0.15) is 0 Å². The Bertz CT molecular complexity index is 280. The van der Waals surface area contributed by atoms with Crippen LogP contribution in [0.1, 0.15) is 47.9 Å². The Labute approximate surface area is 96.9 Å². The minimum absolute atomic E-state index is 1.07. The van der Waals surface area contributed by atoms with Gasteiger partial charge >= 0.3 is 0 Å². The van der Waals surface area contributed by atoms with E-state index in [1.807, 2.05) is 11.3 Å². The summed E-state index contributed by atoms with van der Waals surface area (Å²) in [5.74, 6) is 0. The summed E-state index contributed by atoms with van der Waals surface area (Å²) in [6.07, 6.45) is 8.09. The minimum Gasteiger partial charge on any atom is -0.312 e. The first-order chi connectivity index (χ1) is 7.40. The molecule has 84 valence electrons. The second-order valence-corrected chi connectivity index (χ2v) is 5.62. The summed E-state index contributed by atoms with van der Waals surface area (Å²) < 4.78 is 0. The maximum absolute atomic E-state index is 3.49. The van der Waals surface area contributed by atoms with Crippen LogP contribution in [0.15, 0.2) is 6.07 Å². The van der Waals surface area contributed by atoms with Crippen LogP contribution in [-0.4, -0.2) is 6.54 Å². The van der Waals surface area contributed by atoms with Gasteiger partial charge in [-0.25, -0.2) is 0 Å². The summed E-state index contributed by atoms with van der Waals surface area (Å²) in [4.78, 5) is 3.20. The highest BCUT2D eigenvalue weighted by atomic mass is 32.1. The largest absolute Gasteiger partial charge is 0.312 e. The van der Waals surface area contributed by atoms with Crippen LogP contribution in [0.2, 0.25) is 0 Å². The van der Waals surface area contributed by atoms with E-state index < -0.39 is 0 Å². The van der Waals surface area contributed by atoms with Gasteiger partial charge in [-0.3, -0.25) is 0 Å². The highest BCUT2D eigenvalue weighted by Gasteiger charge is 2.11. The van der Waals surface area contributed by atoms with Gasteiger partial charge < -0.3 is 5.32 Å². The maximum Gasteiger partial charge on any atom is 0.0299 e. The van der Waals surface area contributed by atoms with Crippen LogP contribution in [0, 0.1) is 0 Å². The SMILES string of the molecule is CCCNCc1cc2c(s1)CCCCC2. The van der Waals surface area contributed by atoms with E-state index in [1.54, 1.807) is 10.4 Å². The number of hydrogen-bond donors (Lipinski definition) is 1. The molecule has 0 saturated carbocycles. The van der Waals surface area contributed by atoms with Crippen molar-refractivity contribution in [1.82, 2.24) is 5.32 Å². The van der Waals surface area contributed by atoms with Crippen molar-refractivity contribution in [2.75, 3.05) is 6.54 Å². The molecule has 0 radical (unpaired) electrons. The fourth-order valence-electron chi connectivity index (χ4n) is 2.20. The number of aryl methyl sites for hydroxylation is 2. The van der Waals surface area contributed by atoms with Crippen LogP contribution in [0.5, 0.6) is 0 Å². The molecule has 1 aliphatic rings. The smallest absolute Gasteiger partial charge is 0.0299 e. The van der Waals surface area contributed by atoms with E-state index in [-0.39, 0.29) is 0 Å². The minimum atomic E-state index is 1.07. The van der Waals surface area contributed by atoms with Crippen LogP contribution in [0.3, 0.4) is 0 Å². The van der Waals surface area contributed by atoms with E-state index in [4.69, 9.17) is 0 Å². The molecule has 0 unspecified atom stereocenters. The third-order valence-corrected chi connectivity index (χ3v) is 4.26. The van der Waals surface area contributed by atoms with Crippen LogP contribution in [0.25, 0.3) is 0 Å². The van der Waals surface area contributed by atoms with Gasteiger partial charge in [0.1, 0.15) is 0 Å². The summed E-state index contributed by atoms with van der Waals surface area (Å²) in [6.45, 7) is 4.44. The van der Waals surface area contributed by atoms with Crippen molar-refractivity contribution in [2.45, 2.75) is 52.0 Å². The van der Waals surface area contributed by atoms with Crippen molar-refractivity contribution < 1.29 is 0 Å². The topological polar surface area (TPSA) is 12.0 Å². The first kappa shape index (κ1) is 11.2. The molecule has 1 aliphatic carbocycles. The number of nitrogens with one attached hydrogen (secondary N) is 1. The summed E-state index contributed by atoms with van der Waals surface area (Å²) in [6, 6.07) is 2.44. The fraction of sp³-hybridized carbons (Fsp3) is 0.692. The number of thiophene rings is 1. The van der Waals surface area contributed by atoms with Gasteiger partial charge in [0, 0.05) is 16.3 Å². The van der Waals surface area contributed by atoms with Gasteiger partial charge in [0.15, 0.2) is 0 Å². The monoisotopic (exact) mass is 223 g/mol. The Morgan fingerprint density at radius 1 is 1.27 bits per heavy atom. The zero-order valence-corrected chi connectivity index (χ0v) is 10.5. The molecule has 0 bridgehead atoms. The van der Waals surface area contributed by atoms with E-state index in [0.717, 1.165) is 13.1 Å². The highest BCUT2D eigenvalue weighted by Crippen LogP contribution is 2.28. The lowest BCUT2D eigenvalue weighted by Gasteiger charge is -1.99. The zero-order chi connectivity index (χ0) is 10.5. The molecule has 0 saturated heterocycles. The second-order valence-electron chi connectivity index (χ2n) is 4.40. The lowest BCUT2D eigenvalue weighted by molar-refractivity contribution is 0.680. The molecule has 0 atom stereocenters. The van der Waals surface area contributed by atoms with Crippen LogP contribution < -0.4 is 5.32 Å². The molecule has 2 heteroatoms. The standard InChI is InChI=1S/C13H21NS/c1-2-8-14-10-12-9-11-6-4-3-5-7-13(11)15-12/h9,14H,2-8,10H2,1H3. The summed E-state index contributed by atoms with van der Waals surface area (Å²) in [5, 5.41) is 3.49. The first-order valence-electron chi connectivity index (χ1n) is 6.21. The van der Waals surface area contributed by atoms with Crippen molar-refractivity contribution in [2.24, 2.45) is 0 Å². The molecule has 0 amide bonds. The van der Waals surface area contributed by atoms with E-state index in [2.05, 4.69) is 18.3 Å². The molecule has 1 aromatic rings. The summed E-state index contributed by atoms with van der Waals surface area (Å²) in [5.41, 5.74) is 1.64. The Morgan fingerprint density at radius 3 is 3.00 bits per heavy atom. The molecule has 0 fully saturated rings. The summed E-state index contributed by atoms with van der Waals surface area (Å²) >= 11 is 2.04. The molecule has 1 N–H and O–H groups in total. The Morgan fingerprint density at radius 2 is 2.13 bits per heavy atom. The number of fused-ring (bicyclic) bond motifs is 1. The van der Waals surface area contributed by atoms with E-state index in [1.165, 1.54) is 43.4 Å². The Kier molecular flexibility index (Phi) is 4.21.